The predicted octanol–water partition coefficient (Wildman–Crippen LogP) is 11.4. The van der Waals surface area contributed by atoms with Crippen LogP contribution in [0.15, 0.2) is 188 Å². The molecule has 0 saturated carbocycles. The maximum absolute atomic E-state index is 10.6. The number of nitriles is 1. The number of nitrogens with zero attached hydrogens (tertiary/aromatic N) is 3. The second-order valence-corrected chi connectivity index (χ2v) is 12.8. The van der Waals surface area contributed by atoms with E-state index in [1.807, 2.05) is 60.7 Å². The van der Waals surface area contributed by atoms with Crippen LogP contribution in [0.1, 0.15) is 27.8 Å². The second-order valence-electron chi connectivity index (χ2n) is 12.8. The summed E-state index contributed by atoms with van der Waals surface area (Å²) in [5.74, 6) is 0.682. The largest absolute Gasteiger partial charge is 0.228 e. The van der Waals surface area contributed by atoms with Gasteiger partial charge in [-0.05, 0) is 57.1 Å². The monoisotopic (exact) mass is 649 g/mol. The van der Waals surface area contributed by atoms with Gasteiger partial charge in [0.1, 0.15) is 0 Å². The molecular formula is C48H31N3. The lowest BCUT2D eigenvalue weighted by atomic mass is 9.67. The molecule has 0 saturated heterocycles. The molecule has 7 aromatic carbocycles. The highest BCUT2D eigenvalue weighted by Crippen LogP contribution is 2.59. The van der Waals surface area contributed by atoms with Gasteiger partial charge in [-0.2, -0.15) is 5.26 Å². The summed E-state index contributed by atoms with van der Waals surface area (Å²) < 4.78 is 0. The van der Waals surface area contributed by atoms with E-state index in [0.29, 0.717) is 11.4 Å². The summed E-state index contributed by atoms with van der Waals surface area (Å²) >= 11 is 0. The number of aromatic nitrogens is 2. The molecule has 0 atom stereocenters. The van der Waals surface area contributed by atoms with Crippen LogP contribution in [0, 0.1) is 11.3 Å². The van der Waals surface area contributed by atoms with Crippen molar-refractivity contribution in [3.8, 4) is 62.2 Å². The van der Waals surface area contributed by atoms with Crippen LogP contribution in [0.5, 0.6) is 0 Å². The summed E-state index contributed by atoms with van der Waals surface area (Å²) in [6.07, 6.45) is 0. The van der Waals surface area contributed by atoms with Gasteiger partial charge >= 0.3 is 0 Å². The van der Waals surface area contributed by atoms with E-state index in [-0.39, 0.29) is 0 Å². The molecule has 0 amide bonds. The summed E-state index contributed by atoms with van der Waals surface area (Å²) in [6, 6.07) is 67.8. The summed E-state index contributed by atoms with van der Waals surface area (Å²) in [5, 5.41) is 10.6. The third-order valence-corrected chi connectivity index (χ3v) is 10.0. The SMILES string of the molecule is N#Cc1cccc2c1-c1c(-c3cccc(-c4cc(-c5ccccc5)nc(-c5ccccc5)n4)c3)cccc1C2(c1ccccc1)c1ccccc1. The van der Waals surface area contributed by atoms with Gasteiger partial charge in [-0.25, -0.2) is 9.97 Å². The van der Waals surface area contributed by atoms with Crippen molar-refractivity contribution < 1.29 is 0 Å². The molecule has 3 heteroatoms. The normalized spacial score (nSPS) is 12.5. The van der Waals surface area contributed by atoms with Crippen molar-refractivity contribution in [2.24, 2.45) is 0 Å². The second kappa shape index (κ2) is 12.5. The molecule has 3 nitrogen and oxygen atoms in total. The van der Waals surface area contributed by atoms with E-state index in [9.17, 15) is 5.26 Å². The van der Waals surface area contributed by atoms with Gasteiger partial charge in [0.2, 0.25) is 0 Å². The molecular weight excluding hydrogens is 619 g/mol. The van der Waals surface area contributed by atoms with Gasteiger partial charge in [-0.3, -0.25) is 0 Å². The van der Waals surface area contributed by atoms with Gasteiger partial charge in [0.25, 0.3) is 0 Å². The van der Waals surface area contributed by atoms with E-state index in [2.05, 4.69) is 133 Å². The Morgan fingerprint density at radius 2 is 0.902 bits per heavy atom. The summed E-state index contributed by atoms with van der Waals surface area (Å²) in [7, 11) is 0. The molecule has 8 aromatic rings. The zero-order chi connectivity index (χ0) is 34.2. The highest BCUT2D eigenvalue weighted by atomic mass is 14.9. The quantitative estimate of drug-likeness (QED) is 0.180. The van der Waals surface area contributed by atoms with Crippen LogP contribution >= 0.6 is 0 Å². The van der Waals surface area contributed by atoms with Crippen LogP contribution in [0.2, 0.25) is 0 Å². The molecule has 0 spiro atoms. The third-order valence-electron chi connectivity index (χ3n) is 10.0. The average molecular weight is 650 g/mol. The molecule has 1 heterocycles. The minimum absolute atomic E-state index is 0.602. The number of benzene rings is 7. The van der Waals surface area contributed by atoms with E-state index >= 15 is 0 Å². The molecule has 238 valence electrons. The minimum Gasteiger partial charge on any atom is -0.228 e. The van der Waals surface area contributed by atoms with Gasteiger partial charge in [0.05, 0.1) is 28.4 Å². The van der Waals surface area contributed by atoms with Crippen molar-refractivity contribution in [2.75, 3.05) is 0 Å². The molecule has 1 aromatic heterocycles. The van der Waals surface area contributed by atoms with Crippen LogP contribution in [-0.2, 0) is 5.41 Å². The van der Waals surface area contributed by atoms with Gasteiger partial charge in [0, 0.05) is 22.3 Å². The topological polar surface area (TPSA) is 49.6 Å². The fraction of sp³-hybridized carbons (Fsp3) is 0.0208. The fourth-order valence-corrected chi connectivity index (χ4v) is 7.83. The van der Waals surface area contributed by atoms with Crippen LogP contribution in [0.3, 0.4) is 0 Å². The van der Waals surface area contributed by atoms with E-state index < -0.39 is 5.41 Å². The molecule has 0 fully saturated rings. The number of fused-ring (bicyclic) bond motifs is 3. The molecule has 0 N–H and O–H groups in total. The lowest BCUT2D eigenvalue weighted by Gasteiger charge is -2.34. The Labute approximate surface area is 297 Å². The highest BCUT2D eigenvalue weighted by molar-refractivity contribution is 5.98. The smallest absolute Gasteiger partial charge is 0.160 e. The van der Waals surface area contributed by atoms with Crippen LogP contribution < -0.4 is 0 Å². The summed E-state index contributed by atoms with van der Waals surface area (Å²) in [4.78, 5) is 10.1. The molecule has 0 radical (unpaired) electrons. The highest BCUT2D eigenvalue weighted by Gasteiger charge is 2.47. The Morgan fingerprint density at radius 1 is 0.412 bits per heavy atom. The van der Waals surface area contributed by atoms with Gasteiger partial charge in [-0.1, -0.05) is 170 Å². The lowest BCUT2D eigenvalue weighted by Crippen LogP contribution is -2.28. The Kier molecular flexibility index (Phi) is 7.42. The van der Waals surface area contributed by atoms with Gasteiger partial charge in [-0.15, -0.1) is 0 Å². The van der Waals surface area contributed by atoms with E-state index in [4.69, 9.17) is 9.97 Å². The first kappa shape index (κ1) is 30.2. The van der Waals surface area contributed by atoms with E-state index in [0.717, 1.165) is 55.9 Å². The zero-order valence-corrected chi connectivity index (χ0v) is 27.7. The van der Waals surface area contributed by atoms with Crippen molar-refractivity contribution in [3.63, 3.8) is 0 Å². The number of rotatable bonds is 6. The standard InChI is InChI=1S/C48H31N3/c49-32-37-22-14-28-41-45(37)46-40(27-15-29-42(46)48(41,38-23-9-3-10-24-38)39-25-11-4-12-26-39)35-20-13-21-36(30-35)44-31-43(33-16-5-1-6-17-33)50-47(51-44)34-18-7-2-8-19-34/h1-31H. The molecule has 51 heavy (non-hydrogen) atoms. The first-order chi connectivity index (χ1) is 25.3. The molecule has 0 bridgehead atoms. The average Bonchev–Trinajstić information content (AvgIpc) is 3.53. The van der Waals surface area contributed by atoms with Crippen LogP contribution in [-0.4, -0.2) is 9.97 Å². The third kappa shape index (κ3) is 4.97. The van der Waals surface area contributed by atoms with Crippen molar-refractivity contribution in [3.05, 3.63) is 216 Å². The van der Waals surface area contributed by atoms with Crippen molar-refractivity contribution in [1.29, 1.82) is 5.26 Å². The molecule has 0 aliphatic heterocycles. The maximum Gasteiger partial charge on any atom is 0.160 e. The Bertz CT molecular complexity index is 2470. The predicted molar refractivity (Wildman–Crippen MR) is 206 cm³/mol. The Balaban J connectivity index is 1.29. The minimum atomic E-state index is -0.602. The first-order valence-electron chi connectivity index (χ1n) is 17.1. The molecule has 1 aliphatic carbocycles. The van der Waals surface area contributed by atoms with E-state index in [1.54, 1.807) is 0 Å². The summed E-state index contributed by atoms with van der Waals surface area (Å²) in [6.45, 7) is 0. The number of hydrogen-bond donors (Lipinski definition) is 0. The molecule has 0 unspecified atom stereocenters. The van der Waals surface area contributed by atoms with Gasteiger partial charge < -0.3 is 0 Å². The molecule has 1 aliphatic rings. The Morgan fingerprint density at radius 3 is 1.53 bits per heavy atom. The first-order valence-corrected chi connectivity index (χ1v) is 17.1. The Hall–Kier alpha value is -6.89. The van der Waals surface area contributed by atoms with Crippen LogP contribution in [0.4, 0.5) is 0 Å². The zero-order valence-electron chi connectivity index (χ0n) is 27.7. The van der Waals surface area contributed by atoms with Crippen molar-refractivity contribution >= 4 is 0 Å². The molecule has 9 rings (SSSR count). The lowest BCUT2D eigenvalue weighted by molar-refractivity contribution is 0.768. The number of hydrogen-bond acceptors (Lipinski definition) is 3. The van der Waals surface area contributed by atoms with Gasteiger partial charge in [0.15, 0.2) is 5.82 Å². The van der Waals surface area contributed by atoms with E-state index in [1.165, 1.54) is 16.7 Å². The van der Waals surface area contributed by atoms with Crippen molar-refractivity contribution in [1.82, 2.24) is 9.97 Å². The van der Waals surface area contributed by atoms with Crippen molar-refractivity contribution in [2.45, 2.75) is 5.41 Å². The maximum atomic E-state index is 10.6. The summed E-state index contributed by atoms with van der Waals surface area (Å²) in [5.41, 5.74) is 13.6. The fourth-order valence-electron chi connectivity index (χ4n) is 7.83. The van der Waals surface area contributed by atoms with Crippen LogP contribution in [0.25, 0.3) is 56.2 Å².